The van der Waals surface area contributed by atoms with Crippen molar-refractivity contribution in [2.45, 2.75) is 50.4 Å². The number of benzene rings is 1. The standard InChI is InChI=1S/C16H22N2S2/c1-4-13(3)17-9-15-10-18-16(20-15)11-19-14-7-5-12(2)6-8-14/h5-8,10,13,17H,4,9,11H2,1-3H3. The molecular formula is C16H22N2S2. The fraction of sp³-hybridized carbons (Fsp3) is 0.438. The van der Waals surface area contributed by atoms with Crippen LogP contribution in [0.5, 0.6) is 0 Å². The van der Waals surface area contributed by atoms with Gasteiger partial charge in [0.2, 0.25) is 0 Å². The van der Waals surface area contributed by atoms with Crippen molar-refractivity contribution in [3.05, 3.63) is 45.9 Å². The van der Waals surface area contributed by atoms with Gasteiger partial charge in [0.15, 0.2) is 0 Å². The summed E-state index contributed by atoms with van der Waals surface area (Å²) in [6, 6.07) is 9.25. The second kappa shape index (κ2) is 7.81. The van der Waals surface area contributed by atoms with Gasteiger partial charge < -0.3 is 5.32 Å². The molecule has 0 fully saturated rings. The van der Waals surface area contributed by atoms with Crippen LogP contribution in [0.4, 0.5) is 0 Å². The van der Waals surface area contributed by atoms with Gasteiger partial charge in [-0.05, 0) is 32.4 Å². The Balaban J connectivity index is 1.82. The topological polar surface area (TPSA) is 24.9 Å². The fourth-order valence-electron chi connectivity index (χ4n) is 1.70. The van der Waals surface area contributed by atoms with Gasteiger partial charge >= 0.3 is 0 Å². The minimum Gasteiger partial charge on any atom is -0.309 e. The van der Waals surface area contributed by atoms with Gasteiger partial charge in [-0.15, -0.1) is 23.1 Å². The number of thiazole rings is 1. The maximum absolute atomic E-state index is 4.51. The molecule has 0 saturated carbocycles. The molecule has 1 heterocycles. The number of rotatable bonds is 7. The Morgan fingerprint density at radius 2 is 2.05 bits per heavy atom. The lowest BCUT2D eigenvalue weighted by molar-refractivity contribution is 0.537. The Bertz CT molecular complexity index is 520. The van der Waals surface area contributed by atoms with Crippen LogP contribution in [0.1, 0.15) is 35.7 Å². The number of thioether (sulfide) groups is 1. The molecule has 2 nitrogen and oxygen atoms in total. The zero-order chi connectivity index (χ0) is 14.4. The molecule has 0 aliphatic carbocycles. The van der Waals surface area contributed by atoms with Gasteiger partial charge in [-0.3, -0.25) is 0 Å². The van der Waals surface area contributed by atoms with Crippen LogP contribution in [0.15, 0.2) is 35.4 Å². The lowest BCUT2D eigenvalue weighted by atomic mass is 10.2. The van der Waals surface area contributed by atoms with E-state index in [-0.39, 0.29) is 0 Å². The Morgan fingerprint density at radius 3 is 2.75 bits per heavy atom. The van der Waals surface area contributed by atoms with Gasteiger partial charge in [0.25, 0.3) is 0 Å². The van der Waals surface area contributed by atoms with Gasteiger partial charge in [0, 0.05) is 28.6 Å². The average molecular weight is 306 g/mol. The normalized spacial score (nSPS) is 12.6. The number of nitrogens with zero attached hydrogens (tertiary/aromatic N) is 1. The molecular weight excluding hydrogens is 284 g/mol. The molecule has 2 rings (SSSR count). The molecule has 1 unspecified atom stereocenters. The molecule has 0 amide bonds. The first-order chi connectivity index (χ1) is 9.67. The lowest BCUT2D eigenvalue weighted by Gasteiger charge is -2.08. The summed E-state index contributed by atoms with van der Waals surface area (Å²) in [4.78, 5) is 7.14. The van der Waals surface area contributed by atoms with Crippen molar-refractivity contribution in [1.29, 1.82) is 0 Å². The molecule has 0 saturated heterocycles. The van der Waals surface area contributed by atoms with Crippen LogP contribution in [-0.2, 0) is 12.3 Å². The molecule has 0 aliphatic heterocycles. The fourth-order valence-corrected chi connectivity index (χ4v) is 3.47. The quantitative estimate of drug-likeness (QED) is 0.755. The van der Waals surface area contributed by atoms with E-state index in [0.717, 1.165) is 18.7 Å². The van der Waals surface area contributed by atoms with Crippen molar-refractivity contribution >= 4 is 23.1 Å². The Morgan fingerprint density at radius 1 is 1.30 bits per heavy atom. The third-order valence-electron chi connectivity index (χ3n) is 3.22. The largest absolute Gasteiger partial charge is 0.309 e. The first-order valence-corrected chi connectivity index (χ1v) is 8.84. The highest BCUT2D eigenvalue weighted by molar-refractivity contribution is 7.98. The second-order valence-corrected chi connectivity index (χ2v) is 7.26. The highest BCUT2D eigenvalue weighted by atomic mass is 32.2. The molecule has 0 spiro atoms. The van der Waals surface area contributed by atoms with Gasteiger partial charge in [-0.1, -0.05) is 24.6 Å². The molecule has 1 N–H and O–H groups in total. The van der Waals surface area contributed by atoms with E-state index in [1.807, 2.05) is 29.3 Å². The molecule has 1 aromatic carbocycles. The highest BCUT2D eigenvalue weighted by Gasteiger charge is 2.04. The van der Waals surface area contributed by atoms with Crippen molar-refractivity contribution in [1.82, 2.24) is 10.3 Å². The summed E-state index contributed by atoms with van der Waals surface area (Å²) in [6.07, 6.45) is 3.17. The van der Waals surface area contributed by atoms with E-state index < -0.39 is 0 Å². The SMILES string of the molecule is CCC(C)NCc1cnc(CSc2ccc(C)cc2)s1. The van der Waals surface area contributed by atoms with Crippen molar-refractivity contribution < 1.29 is 0 Å². The molecule has 0 bridgehead atoms. The summed E-state index contributed by atoms with van der Waals surface area (Å²) in [7, 11) is 0. The van der Waals surface area contributed by atoms with Crippen LogP contribution >= 0.6 is 23.1 Å². The maximum Gasteiger partial charge on any atom is 0.103 e. The molecule has 1 aromatic heterocycles. The predicted octanol–water partition coefficient (Wildman–Crippen LogP) is 4.63. The summed E-state index contributed by atoms with van der Waals surface area (Å²) >= 11 is 3.67. The van der Waals surface area contributed by atoms with Gasteiger partial charge in [-0.2, -0.15) is 0 Å². The van der Waals surface area contributed by atoms with Crippen LogP contribution in [0.25, 0.3) is 0 Å². The van der Waals surface area contributed by atoms with Crippen LogP contribution in [-0.4, -0.2) is 11.0 Å². The minimum atomic E-state index is 0.572. The smallest absolute Gasteiger partial charge is 0.103 e. The minimum absolute atomic E-state index is 0.572. The number of hydrogen-bond donors (Lipinski definition) is 1. The van der Waals surface area contributed by atoms with E-state index in [0.29, 0.717) is 6.04 Å². The molecule has 20 heavy (non-hydrogen) atoms. The van der Waals surface area contributed by atoms with Gasteiger partial charge in [0.05, 0.1) is 5.75 Å². The van der Waals surface area contributed by atoms with Crippen molar-refractivity contribution in [2.75, 3.05) is 0 Å². The molecule has 1 atom stereocenters. The first kappa shape index (κ1) is 15.5. The van der Waals surface area contributed by atoms with E-state index in [1.54, 1.807) is 0 Å². The summed E-state index contributed by atoms with van der Waals surface area (Å²) in [5.74, 6) is 0.955. The highest BCUT2D eigenvalue weighted by Crippen LogP contribution is 2.25. The number of aromatic nitrogens is 1. The maximum atomic E-state index is 4.51. The molecule has 0 radical (unpaired) electrons. The third kappa shape index (κ3) is 4.93. The Kier molecular flexibility index (Phi) is 6.07. The predicted molar refractivity (Wildman–Crippen MR) is 89.4 cm³/mol. The Hall–Kier alpha value is -0.840. The Labute approximate surface area is 130 Å². The summed E-state index contributed by atoms with van der Waals surface area (Å²) in [5, 5.41) is 4.71. The van der Waals surface area contributed by atoms with Gasteiger partial charge in [0.1, 0.15) is 5.01 Å². The third-order valence-corrected chi connectivity index (χ3v) is 5.43. The molecule has 0 aliphatic rings. The van der Waals surface area contributed by atoms with Crippen molar-refractivity contribution in [3.63, 3.8) is 0 Å². The van der Waals surface area contributed by atoms with Crippen LogP contribution in [0, 0.1) is 6.92 Å². The van der Waals surface area contributed by atoms with Gasteiger partial charge in [-0.25, -0.2) is 4.98 Å². The van der Waals surface area contributed by atoms with E-state index >= 15 is 0 Å². The van der Waals surface area contributed by atoms with Crippen LogP contribution < -0.4 is 5.32 Å². The zero-order valence-electron chi connectivity index (χ0n) is 12.3. The number of nitrogens with one attached hydrogen (secondary N) is 1. The van der Waals surface area contributed by atoms with Crippen LogP contribution in [0.3, 0.4) is 0 Å². The van der Waals surface area contributed by atoms with Crippen molar-refractivity contribution in [2.24, 2.45) is 0 Å². The lowest BCUT2D eigenvalue weighted by Crippen LogP contribution is -2.23. The van der Waals surface area contributed by atoms with E-state index in [9.17, 15) is 0 Å². The second-order valence-electron chi connectivity index (χ2n) is 5.01. The summed E-state index contributed by atoms with van der Waals surface area (Å²) in [5.41, 5.74) is 1.31. The van der Waals surface area contributed by atoms with Crippen molar-refractivity contribution in [3.8, 4) is 0 Å². The van der Waals surface area contributed by atoms with E-state index in [2.05, 4.69) is 55.3 Å². The number of hydrogen-bond acceptors (Lipinski definition) is 4. The summed E-state index contributed by atoms with van der Waals surface area (Å²) < 4.78 is 0. The average Bonchev–Trinajstić information content (AvgIpc) is 2.92. The van der Waals surface area contributed by atoms with Crippen LogP contribution in [0.2, 0.25) is 0 Å². The molecule has 108 valence electrons. The first-order valence-electron chi connectivity index (χ1n) is 7.03. The number of aryl methyl sites for hydroxylation is 1. The molecule has 4 heteroatoms. The monoisotopic (exact) mass is 306 g/mol. The van der Waals surface area contributed by atoms with E-state index in [4.69, 9.17) is 0 Å². The van der Waals surface area contributed by atoms with E-state index in [1.165, 1.54) is 20.3 Å². The zero-order valence-corrected chi connectivity index (χ0v) is 14.0. The molecule has 2 aromatic rings. The summed E-state index contributed by atoms with van der Waals surface area (Å²) in [6.45, 7) is 7.47.